The van der Waals surface area contributed by atoms with Crippen molar-refractivity contribution in [2.24, 2.45) is 0 Å². The molecule has 0 aliphatic carbocycles. The molecule has 0 fully saturated rings. The number of aromatic nitrogens is 2. The van der Waals surface area contributed by atoms with Gasteiger partial charge in [-0.05, 0) is 56.3 Å². The number of nitro benzene ring substituents is 1. The molecule has 4 rings (SSSR count). The summed E-state index contributed by atoms with van der Waals surface area (Å²) in [5.41, 5.74) is 4.62. The van der Waals surface area contributed by atoms with Crippen LogP contribution >= 0.6 is 11.3 Å². The third kappa shape index (κ3) is 4.08. The van der Waals surface area contributed by atoms with Crippen LogP contribution in [-0.2, 0) is 0 Å². The fourth-order valence-electron chi connectivity index (χ4n) is 3.37. The summed E-state index contributed by atoms with van der Waals surface area (Å²) in [6.07, 6.45) is 0. The molecule has 1 amide bonds. The van der Waals surface area contributed by atoms with Crippen LogP contribution < -0.4 is 5.32 Å². The molecule has 0 bridgehead atoms. The first-order chi connectivity index (χ1) is 14.8. The standard InChI is InChI=1S/C22H17FN4O3S/c1-13-11-19(14(2)26(13)17-9-5-16(23)6-10-17)20-12-31-22(24-20)25-21(28)15-3-7-18(8-4-15)27(29)30/h3-12H,1-2H3,(H,24,25,28). The van der Waals surface area contributed by atoms with Gasteiger partial charge in [-0.1, -0.05) is 0 Å². The van der Waals surface area contributed by atoms with E-state index < -0.39 is 10.8 Å². The number of carbonyl (C=O) groups is 1. The molecular weight excluding hydrogens is 419 g/mol. The smallest absolute Gasteiger partial charge is 0.269 e. The molecule has 0 spiro atoms. The van der Waals surface area contributed by atoms with E-state index in [1.165, 1.54) is 47.7 Å². The highest BCUT2D eigenvalue weighted by Gasteiger charge is 2.16. The summed E-state index contributed by atoms with van der Waals surface area (Å²) < 4.78 is 15.3. The molecule has 0 radical (unpaired) electrons. The Balaban J connectivity index is 1.56. The van der Waals surface area contributed by atoms with Crippen molar-refractivity contribution in [2.75, 3.05) is 5.32 Å². The number of amides is 1. The SMILES string of the molecule is Cc1cc(-c2csc(NC(=O)c3ccc([N+](=O)[O-])cc3)n2)c(C)n1-c1ccc(F)cc1. The fraction of sp³-hybridized carbons (Fsp3) is 0.0909. The number of rotatable bonds is 5. The van der Waals surface area contributed by atoms with Gasteiger partial charge in [-0.15, -0.1) is 11.3 Å². The highest BCUT2D eigenvalue weighted by atomic mass is 32.1. The molecule has 7 nitrogen and oxygen atoms in total. The predicted octanol–water partition coefficient (Wildman–Crippen LogP) is 5.52. The molecule has 0 unspecified atom stereocenters. The van der Waals surface area contributed by atoms with Crippen LogP contribution in [0, 0.1) is 29.8 Å². The highest BCUT2D eigenvalue weighted by Crippen LogP contribution is 2.32. The van der Waals surface area contributed by atoms with E-state index in [-0.39, 0.29) is 11.5 Å². The molecule has 9 heteroatoms. The molecule has 2 aromatic carbocycles. The predicted molar refractivity (Wildman–Crippen MR) is 117 cm³/mol. The summed E-state index contributed by atoms with van der Waals surface area (Å²) in [4.78, 5) is 27.2. The van der Waals surface area contributed by atoms with Crippen LogP contribution in [-0.4, -0.2) is 20.4 Å². The van der Waals surface area contributed by atoms with Crippen molar-refractivity contribution in [3.63, 3.8) is 0 Å². The van der Waals surface area contributed by atoms with Crippen molar-refractivity contribution in [1.29, 1.82) is 0 Å². The Kier molecular flexibility index (Phi) is 5.35. The number of benzene rings is 2. The van der Waals surface area contributed by atoms with Gasteiger partial charge in [-0.3, -0.25) is 20.2 Å². The lowest BCUT2D eigenvalue weighted by Crippen LogP contribution is -2.11. The number of nitro groups is 1. The molecule has 2 aromatic heterocycles. The molecule has 2 heterocycles. The second kappa shape index (κ2) is 8.11. The average molecular weight is 436 g/mol. The zero-order valence-corrected chi connectivity index (χ0v) is 17.4. The highest BCUT2D eigenvalue weighted by molar-refractivity contribution is 7.14. The average Bonchev–Trinajstić information content (AvgIpc) is 3.32. The Hall–Kier alpha value is -3.85. The summed E-state index contributed by atoms with van der Waals surface area (Å²) >= 11 is 1.29. The fourth-order valence-corrected chi connectivity index (χ4v) is 4.07. The van der Waals surface area contributed by atoms with Crippen LogP contribution in [0.5, 0.6) is 0 Å². The Bertz CT molecular complexity index is 1280. The van der Waals surface area contributed by atoms with Gasteiger partial charge in [0.25, 0.3) is 11.6 Å². The Morgan fingerprint density at radius 1 is 1.13 bits per heavy atom. The van der Waals surface area contributed by atoms with E-state index in [0.717, 1.165) is 22.6 Å². The maximum atomic E-state index is 13.3. The molecule has 0 aliphatic rings. The van der Waals surface area contributed by atoms with Crippen LogP contribution in [0.25, 0.3) is 16.9 Å². The van der Waals surface area contributed by atoms with Crippen LogP contribution in [0.2, 0.25) is 0 Å². The van der Waals surface area contributed by atoms with Crippen molar-refractivity contribution >= 4 is 28.1 Å². The summed E-state index contributed by atoms with van der Waals surface area (Å²) in [6.45, 7) is 3.92. The number of halogens is 1. The third-order valence-electron chi connectivity index (χ3n) is 4.86. The minimum absolute atomic E-state index is 0.0791. The first kappa shape index (κ1) is 20.4. The maximum absolute atomic E-state index is 13.3. The van der Waals surface area contributed by atoms with Gasteiger partial charge in [0.05, 0.1) is 10.6 Å². The number of nitrogens with one attached hydrogen (secondary N) is 1. The zero-order chi connectivity index (χ0) is 22.1. The third-order valence-corrected chi connectivity index (χ3v) is 5.61. The molecule has 0 aliphatic heterocycles. The van der Waals surface area contributed by atoms with E-state index in [1.54, 1.807) is 12.1 Å². The normalized spacial score (nSPS) is 10.8. The van der Waals surface area contributed by atoms with E-state index in [4.69, 9.17) is 0 Å². The maximum Gasteiger partial charge on any atom is 0.269 e. The summed E-state index contributed by atoms with van der Waals surface area (Å²) in [5, 5.41) is 15.7. The number of thiazole rings is 1. The monoisotopic (exact) mass is 436 g/mol. The summed E-state index contributed by atoms with van der Waals surface area (Å²) in [5.74, 6) is -0.688. The Labute approximate surface area is 181 Å². The van der Waals surface area contributed by atoms with Crippen LogP contribution in [0.15, 0.2) is 60.0 Å². The van der Waals surface area contributed by atoms with Crippen LogP contribution in [0.4, 0.5) is 15.2 Å². The summed E-state index contributed by atoms with van der Waals surface area (Å²) in [6, 6.07) is 13.6. The van der Waals surface area contributed by atoms with Crippen molar-refractivity contribution in [3.8, 4) is 16.9 Å². The first-order valence-corrected chi connectivity index (χ1v) is 10.2. The molecule has 156 valence electrons. The van der Waals surface area contributed by atoms with E-state index >= 15 is 0 Å². The van der Waals surface area contributed by atoms with Gasteiger partial charge in [0.1, 0.15) is 5.82 Å². The molecule has 0 saturated heterocycles. The number of hydrogen-bond donors (Lipinski definition) is 1. The largest absolute Gasteiger partial charge is 0.318 e. The minimum Gasteiger partial charge on any atom is -0.318 e. The molecule has 0 saturated carbocycles. The number of hydrogen-bond acceptors (Lipinski definition) is 5. The zero-order valence-electron chi connectivity index (χ0n) is 16.6. The topological polar surface area (TPSA) is 90.1 Å². The van der Waals surface area contributed by atoms with Crippen LogP contribution in [0.3, 0.4) is 0 Å². The first-order valence-electron chi connectivity index (χ1n) is 9.30. The van der Waals surface area contributed by atoms with Gasteiger partial charge in [0.2, 0.25) is 0 Å². The molecule has 31 heavy (non-hydrogen) atoms. The van der Waals surface area contributed by atoms with Gasteiger partial charge in [0, 0.05) is 45.7 Å². The van der Waals surface area contributed by atoms with Crippen molar-refractivity contribution in [1.82, 2.24) is 9.55 Å². The van der Waals surface area contributed by atoms with Gasteiger partial charge in [0.15, 0.2) is 5.13 Å². The van der Waals surface area contributed by atoms with Crippen molar-refractivity contribution in [3.05, 3.63) is 92.9 Å². The number of aryl methyl sites for hydroxylation is 1. The molecule has 1 N–H and O–H groups in total. The van der Waals surface area contributed by atoms with E-state index in [9.17, 15) is 19.3 Å². The number of nitrogens with zero attached hydrogens (tertiary/aromatic N) is 3. The van der Waals surface area contributed by atoms with E-state index in [0.29, 0.717) is 16.4 Å². The summed E-state index contributed by atoms with van der Waals surface area (Å²) in [7, 11) is 0. The second-order valence-corrected chi connectivity index (χ2v) is 7.75. The molecular formula is C22H17FN4O3S. The lowest BCUT2D eigenvalue weighted by molar-refractivity contribution is -0.384. The number of anilines is 1. The lowest BCUT2D eigenvalue weighted by Gasteiger charge is -2.09. The Morgan fingerprint density at radius 3 is 2.45 bits per heavy atom. The van der Waals surface area contributed by atoms with Gasteiger partial charge in [-0.2, -0.15) is 0 Å². The number of carbonyl (C=O) groups excluding carboxylic acids is 1. The minimum atomic E-state index is -0.517. The van der Waals surface area contributed by atoms with E-state index in [2.05, 4.69) is 10.3 Å². The van der Waals surface area contributed by atoms with Crippen molar-refractivity contribution in [2.45, 2.75) is 13.8 Å². The van der Waals surface area contributed by atoms with Gasteiger partial charge >= 0.3 is 0 Å². The molecule has 4 aromatic rings. The van der Waals surface area contributed by atoms with Crippen LogP contribution in [0.1, 0.15) is 21.7 Å². The van der Waals surface area contributed by atoms with Gasteiger partial charge < -0.3 is 4.57 Å². The second-order valence-electron chi connectivity index (χ2n) is 6.89. The van der Waals surface area contributed by atoms with Gasteiger partial charge in [-0.25, -0.2) is 9.37 Å². The quantitative estimate of drug-likeness (QED) is 0.330. The van der Waals surface area contributed by atoms with Crippen molar-refractivity contribution < 1.29 is 14.1 Å². The molecule has 0 atom stereocenters. The number of non-ortho nitro benzene ring substituents is 1. The Morgan fingerprint density at radius 2 is 1.81 bits per heavy atom. The van der Waals surface area contributed by atoms with E-state index in [1.807, 2.05) is 29.9 Å². The lowest BCUT2D eigenvalue weighted by atomic mass is 10.2.